The summed E-state index contributed by atoms with van der Waals surface area (Å²) >= 11 is 0. The summed E-state index contributed by atoms with van der Waals surface area (Å²) in [5.41, 5.74) is 6.00. The Kier molecular flexibility index (Phi) is 5.83. The highest BCUT2D eigenvalue weighted by Crippen LogP contribution is 2.15. The summed E-state index contributed by atoms with van der Waals surface area (Å²) in [6.07, 6.45) is 2.46. The molecule has 1 aromatic carbocycles. The zero-order valence-electron chi connectivity index (χ0n) is 12.0. The first-order chi connectivity index (χ1) is 9.01. The molecule has 0 saturated heterocycles. The van der Waals surface area contributed by atoms with E-state index in [1.807, 2.05) is 19.1 Å². The van der Waals surface area contributed by atoms with Crippen molar-refractivity contribution in [2.45, 2.75) is 38.6 Å². The van der Waals surface area contributed by atoms with Gasteiger partial charge in [0, 0.05) is 0 Å². The van der Waals surface area contributed by atoms with E-state index in [1.54, 1.807) is 7.05 Å². The van der Waals surface area contributed by atoms with E-state index in [4.69, 9.17) is 10.5 Å². The van der Waals surface area contributed by atoms with Crippen LogP contribution < -0.4 is 15.8 Å². The Bertz CT molecular complexity index is 403. The second kappa shape index (κ2) is 7.14. The van der Waals surface area contributed by atoms with Crippen LogP contribution in [0.4, 0.5) is 0 Å². The van der Waals surface area contributed by atoms with Crippen molar-refractivity contribution in [3.05, 3.63) is 29.8 Å². The molecule has 0 heterocycles. The fourth-order valence-corrected chi connectivity index (χ4v) is 1.81. The van der Waals surface area contributed by atoms with Crippen molar-refractivity contribution >= 4 is 5.91 Å². The van der Waals surface area contributed by atoms with Gasteiger partial charge in [0.1, 0.15) is 5.75 Å². The Morgan fingerprint density at radius 1 is 1.37 bits per heavy atom. The number of amides is 1. The van der Waals surface area contributed by atoms with Crippen molar-refractivity contribution in [2.24, 2.45) is 5.73 Å². The van der Waals surface area contributed by atoms with Gasteiger partial charge in [-0.05, 0) is 50.9 Å². The lowest BCUT2D eigenvalue weighted by Crippen LogP contribution is -2.51. The Hall–Kier alpha value is -1.55. The first kappa shape index (κ1) is 15.5. The highest BCUT2D eigenvalue weighted by Gasteiger charge is 2.27. The number of carbonyl (C=O) groups excluding carboxylic acids is 1. The molecule has 0 bridgehead atoms. The summed E-state index contributed by atoms with van der Waals surface area (Å²) < 4.78 is 5.65. The lowest BCUT2D eigenvalue weighted by atomic mass is 9.95. The smallest absolute Gasteiger partial charge is 0.237 e. The first-order valence-corrected chi connectivity index (χ1v) is 6.72. The predicted octanol–water partition coefficient (Wildman–Crippen LogP) is 1.87. The normalized spacial score (nSPS) is 13.8. The minimum absolute atomic E-state index is 0.331. The second-order valence-electron chi connectivity index (χ2n) is 4.90. The first-order valence-electron chi connectivity index (χ1n) is 6.72. The van der Waals surface area contributed by atoms with Crippen LogP contribution in [-0.4, -0.2) is 25.1 Å². The molecule has 3 N–H and O–H groups in total. The third kappa shape index (κ3) is 4.56. The van der Waals surface area contributed by atoms with E-state index in [-0.39, 0.29) is 5.91 Å². The van der Waals surface area contributed by atoms with Crippen LogP contribution >= 0.6 is 0 Å². The van der Waals surface area contributed by atoms with E-state index in [9.17, 15) is 4.79 Å². The van der Waals surface area contributed by atoms with Gasteiger partial charge in [-0.25, -0.2) is 0 Å². The Labute approximate surface area is 115 Å². The number of nitrogens with two attached hydrogens (primary N) is 1. The summed E-state index contributed by atoms with van der Waals surface area (Å²) in [6.45, 7) is 4.51. The molecule has 0 saturated carbocycles. The maximum absolute atomic E-state index is 11.3. The molecular formula is C15H24N2O2. The average molecular weight is 264 g/mol. The molecule has 1 atom stereocenters. The molecule has 1 aromatic rings. The maximum atomic E-state index is 11.3. The van der Waals surface area contributed by atoms with Crippen molar-refractivity contribution in [2.75, 3.05) is 13.7 Å². The molecule has 1 rings (SSSR count). The number of benzene rings is 1. The highest BCUT2D eigenvalue weighted by atomic mass is 16.5. The quantitative estimate of drug-likeness (QED) is 0.705. The fraction of sp³-hybridized carbons (Fsp3) is 0.533. The van der Waals surface area contributed by atoms with E-state index >= 15 is 0 Å². The molecule has 0 spiro atoms. The summed E-state index contributed by atoms with van der Waals surface area (Å²) in [5.74, 6) is 0.532. The third-order valence-electron chi connectivity index (χ3n) is 3.52. The molecule has 19 heavy (non-hydrogen) atoms. The van der Waals surface area contributed by atoms with Crippen molar-refractivity contribution in [1.82, 2.24) is 5.32 Å². The lowest BCUT2D eigenvalue weighted by molar-refractivity contribution is -0.123. The molecule has 4 heteroatoms. The third-order valence-corrected chi connectivity index (χ3v) is 3.52. The minimum Gasteiger partial charge on any atom is -0.494 e. The highest BCUT2D eigenvalue weighted by molar-refractivity contribution is 5.84. The zero-order chi connectivity index (χ0) is 14.3. The van der Waals surface area contributed by atoms with Gasteiger partial charge in [0.05, 0.1) is 12.1 Å². The van der Waals surface area contributed by atoms with Crippen LogP contribution in [0.25, 0.3) is 0 Å². The number of aryl methyl sites for hydroxylation is 1. The summed E-state index contributed by atoms with van der Waals surface area (Å²) in [4.78, 5) is 11.3. The van der Waals surface area contributed by atoms with Crippen LogP contribution in [0.1, 0.15) is 32.3 Å². The molecule has 0 aliphatic rings. The number of ether oxygens (including phenoxy) is 1. The number of primary amides is 1. The lowest BCUT2D eigenvalue weighted by Gasteiger charge is -2.25. The van der Waals surface area contributed by atoms with Crippen LogP contribution in [0.3, 0.4) is 0 Å². The Balaban J connectivity index is 2.35. The van der Waals surface area contributed by atoms with Gasteiger partial charge >= 0.3 is 0 Å². The topological polar surface area (TPSA) is 64.3 Å². The fourth-order valence-electron chi connectivity index (χ4n) is 1.81. The Morgan fingerprint density at radius 3 is 2.47 bits per heavy atom. The molecule has 0 aliphatic carbocycles. The summed E-state index contributed by atoms with van der Waals surface area (Å²) in [7, 11) is 1.75. The molecule has 0 fully saturated rings. The van der Waals surface area contributed by atoms with Crippen LogP contribution in [0.15, 0.2) is 24.3 Å². The molecule has 0 aromatic heterocycles. The number of likely N-dealkylation sites (N-methyl/N-ethyl adjacent to an activating group) is 1. The van der Waals surface area contributed by atoms with Gasteiger partial charge in [-0.1, -0.05) is 19.1 Å². The number of hydrogen-bond donors (Lipinski definition) is 2. The molecular weight excluding hydrogens is 240 g/mol. The number of nitrogens with one attached hydrogen (secondary N) is 1. The van der Waals surface area contributed by atoms with Crippen molar-refractivity contribution in [1.29, 1.82) is 0 Å². The van der Waals surface area contributed by atoms with Crippen LogP contribution in [0, 0.1) is 0 Å². The average Bonchev–Trinajstić information content (AvgIpc) is 2.43. The van der Waals surface area contributed by atoms with Gasteiger partial charge in [0.15, 0.2) is 0 Å². The SMILES string of the molecule is CCc1ccc(OCCCC(C)(NC)C(N)=O)cc1. The van der Waals surface area contributed by atoms with Crippen molar-refractivity contribution < 1.29 is 9.53 Å². The maximum Gasteiger partial charge on any atom is 0.237 e. The van der Waals surface area contributed by atoms with Gasteiger partial charge in [0.2, 0.25) is 5.91 Å². The minimum atomic E-state index is -0.657. The van der Waals surface area contributed by atoms with Gasteiger partial charge in [-0.3, -0.25) is 4.79 Å². The van der Waals surface area contributed by atoms with Gasteiger partial charge in [0.25, 0.3) is 0 Å². The Morgan fingerprint density at radius 2 is 2.00 bits per heavy atom. The molecule has 106 valence electrons. The van der Waals surface area contributed by atoms with Crippen LogP contribution in [0.5, 0.6) is 5.75 Å². The van der Waals surface area contributed by atoms with E-state index in [2.05, 4.69) is 24.4 Å². The number of carbonyl (C=O) groups is 1. The van der Waals surface area contributed by atoms with Crippen LogP contribution in [0.2, 0.25) is 0 Å². The molecule has 1 unspecified atom stereocenters. The predicted molar refractivity (Wildman–Crippen MR) is 77.2 cm³/mol. The summed E-state index contributed by atoms with van der Waals surface area (Å²) in [6, 6.07) is 8.08. The van der Waals surface area contributed by atoms with E-state index < -0.39 is 5.54 Å². The number of rotatable bonds is 8. The molecule has 4 nitrogen and oxygen atoms in total. The largest absolute Gasteiger partial charge is 0.494 e. The molecule has 0 aliphatic heterocycles. The van der Waals surface area contributed by atoms with E-state index in [0.29, 0.717) is 13.0 Å². The number of hydrogen-bond acceptors (Lipinski definition) is 3. The molecule has 0 radical (unpaired) electrons. The second-order valence-corrected chi connectivity index (χ2v) is 4.90. The standard InChI is InChI=1S/C15H24N2O2/c1-4-12-6-8-13(9-7-12)19-11-5-10-15(2,17-3)14(16)18/h6-9,17H,4-5,10-11H2,1-3H3,(H2,16,18). The van der Waals surface area contributed by atoms with Gasteiger partial charge in [-0.15, -0.1) is 0 Å². The van der Waals surface area contributed by atoms with E-state index in [1.165, 1.54) is 5.56 Å². The van der Waals surface area contributed by atoms with Gasteiger partial charge < -0.3 is 15.8 Å². The summed E-state index contributed by atoms with van der Waals surface area (Å²) in [5, 5.41) is 2.96. The zero-order valence-corrected chi connectivity index (χ0v) is 12.0. The van der Waals surface area contributed by atoms with Crippen molar-refractivity contribution in [3.63, 3.8) is 0 Å². The molecule has 1 amide bonds. The van der Waals surface area contributed by atoms with Crippen molar-refractivity contribution in [3.8, 4) is 5.75 Å². The van der Waals surface area contributed by atoms with E-state index in [0.717, 1.165) is 18.6 Å². The van der Waals surface area contributed by atoms with Gasteiger partial charge in [-0.2, -0.15) is 0 Å². The van der Waals surface area contributed by atoms with Crippen LogP contribution in [-0.2, 0) is 11.2 Å². The monoisotopic (exact) mass is 264 g/mol.